The van der Waals surface area contributed by atoms with E-state index in [-0.39, 0.29) is 12.3 Å². The Morgan fingerprint density at radius 1 is 0.825 bits per heavy atom. The summed E-state index contributed by atoms with van der Waals surface area (Å²) in [6.45, 7) is 3.01. The van der Waals surface area contributed by atoms with Crippen LogP contribution in [-0.4, -0.2) is 129 Å². The molecule has 0 amide bonds. The van der Waals surface area contributed by atoms with Crippen molar-refractivity contribution in [3.8, 4) is 0 Å². The lowest BCUT2D eigenvalue weighted by Gasteiger charge is -2.48. The molecular weight excluding hydrogens is 532 g/mol. The molecule has 0 aromatic carbocycles. The Morgan fingerprint density at radius 3 is 2.25 bits per heavy atom. The number of ether oxygens (including phenoxy) is 6. The number of carboxylic acid groups (broad SMARTS) is 1. The third kappa shape index (κ3) is 6.20. The highest BCUT2D eigenvalue weighted by atomic mass is 16.7. The zero-order chi connectivity index (χ0) is 28.8. The van der Waals surface area contributed by atoms with E-state index in [0.29, 0.717) is 19.3 Å². The quantitative estimate of drug-likeness (QED) is 0.235. The molecule has 5 rings (SSSR count). The summed E-state index contributed by atoms with van der Waals surface area (Å²) in [5.74, 6) is -1.17. The van der Waals surface area contributed by atoms with Gasteiger partial charge in [-0.3, -0.25) is 0 Å². The Bertz CT molecular complexity index is 869. The number of rotatable bonds is 6. The highest BCUT2D eigenvalue weighted by molar-refractivity contribution is 5.72. The first-order valence-corrected chi connectivity index (χ1v) is 14.5. The molecule has 5 fully saturated rings. The molecule has 13 nitrogen and oxygen atoms in total. The molecule has 230 valence electrons. The van der Waals surface area contributed by atoms with E-state index in [1.54, 1.807) is 6.92 Å². The highest BCUT2D eigenvalue weighted by Gasteiger charge is 2.56. The van der Waals surface area contributed by atoms with Crippen molar-refractivity contribution in [2.24, 2.45) is 5.92 Å². The van der Waals surface area contributed by atoms with E-state index in [1.807, 2.05) is 6.92 Å². The summed E-state index contributed by atoms with van der Waals surface area (Å²) in [6.07, 6.45) is -8.85. The van der Waals surface area contributed by atoms with Gasteiger partial charge in [-0.25, -0.2) is 4.79 Å². The second kappa shape index (κ2) is 12.3. The zero-order valence-corrected chi connectivity index (χ0v) is 23.0. The summed E-state index contributed by atoms with van der Waals surface area (Å²) in [5, 5.41) is 61.7. The first kappa shape index (κ1) is 30.5. The van der Waals surface area contributed by atoms with Gasteiger partial charge in [0, 0.05) is 0 Å². The van der Waals surface area contributed by atoms with Gasteiger partial charge in [-0.2, -0.15) is 0 Å². The Labute approximate surface area is 233 Å². The first-order chi connectivity index (χ1) is 19.0. The molecule has 0 radical (unpaired) electrons. The monoisotopic (exact) mass is 576 g/mol. The molecule has 3 aliphatic heterocycles. The molecule has 0 bridgehead atoms. The molecule has 2 aliphatic carbocycles. The van der Waals surface area contributed by atoms with Gasteiger partial charge in [0.05, 0.1) is 30.5 Å². The lowest BCUT2D eigenvalue weighted by atomic mass is 9.85. The van der Waals surface area contributed by atoms with E-state index < -0.39 is 97.9 Å². The molecule has 3 heterocycles. The second-order valence-electron chi connectivity index (χ2n) is 12.2. The Kier molecular flexibility index (Phi) is 9.40. The van der Waals surface area contributed by atoms with E-state index >= 15 is 0 Å². The lowest BCUT2D eigenvalue weighted by Crippen LogP contribution is -2.64. The fraction of sp³-hybridized carbons (Fsp3) is 0.963. The van der Waals surface area contributed by atoms with E-state index in [0.717, 1.165) is 25.7 Å². The minimum absolute atomic E-state index is 0.0312. The Hall–Kier alpha value is -0.970. The van der Waals surface area contributed by atoms with Gasteiger partial charge < -0.3 is 59.1 Å². The van der Waals surface area contributed by atoms with Crippen molar-refractivity contribution in [3.63, 3.8) is 0 Å². The third-order valence-electron chi connectivity index (χ3n) is 9.17. The maximum Gasteiger partial charge on any atom is 0.332 e. The predicted molar refractivity (Wildman–Crippen MR) is 134 cm³/mol. The molecule has 7 unspecified atom stereocenters. The summed E-state index contributed by atoms with van der Waals surface area (Å²) < 4.78 is 36.9. The van der Waals surface area contributed by atoms with Crippen LogP contribution < -0.4 is 0 Å². The standard InChI is InChI=1S/C27H44O13/c1-12-5-3-6-14(21(12)39-25-20(32)19(31)17(29)13(2)35-25)37-26-23-22(18(30)16(11-28)38-26)36-15(24(33)34)7-4-8-27(40-23)9-10-27/h12-23,25-26,28-32H,3-11H2,1-2H3,(H,33,34)/t12?,13?,14-,15-,16?,17-,18+,19?,20+,21?,22?,23?,25+,26-/m1/s1. The molecule has 40 heavy (non-hydrogen) atoms. The summed E-state index contributed by atoms with van der Waals surface area (Å²) in [5.41, 5.74) is -0.473. The SMILES string of the molecule is CC1CCC[C@@H](O[C@@H]2OC(CO)[C@H](O)C3O[C@@H](C(=O)O)CCCC4(CC4)OC32)C1O[C@@H]1OC(C)[C@@H](O)C(O)[C@@H]1O. The van der Waals surface area contributed by atoms with Crippen molar-refractivity contribution in [2.75, 3.05) is 6.61 Å². The molecule has 3 saturated heterocycles. The van der Waals surface area contributed by atoms with E-state index in [4.69, 9.17) is 28.4 Å². The number of carboxylic acids is 1. The van der Waals surface area contributed by atoms with Crippen LogP contribution in [0.25, 0.3) is 0 Å². The largest absolute Gasteiger partial charge is 0.479 e. The number of fused-ring (bicyclic) bond motifs is 1. The van der Waals surface area contributed by atoms with Crippen LogP contribution in [0.2, 0.25) is 0 Å². The van der Waals surface area contributed by atoms with E-state index in [2.05, 4.69) is 0 Å². The summed E-state index contributed by atoms with van der Waals surface area (Å²) in [4.78, 5) is 12.0. The topological polar surface area (TPSA) is 194 Å². The van der Waals surface area contributed by atoms with Crippen molar-refractivity contribution in [1.29, 1.82) is 0 Å². The minimum Gasteiger partial charge on any atom is -0.479 e. The van der Waals surface area contributed by atoms with Crippen molar-refractivity contribution in [2.45, 2.75) is 151 Å². The smallest absolute Gasteiger partial charge is 0.332 e. The van der Waals surface area contributed by atoms with Gasteiger partial charge in [0.15, 0.2) is 18.7 Å². The molecule has 0 aromatic rings. The van der Waals surface area contributed by atoms with E-state index in [1.165, 1.54) is 0 Å². The molecule has 6 N–H and O–H groups in total. The number of aliphatic carboxylic acids is 1. The molecule has 1 spiro atoms. The fourth-order valence-electron chi connectivity index (χ4n) is 6.49. The van der Waals surface area contributed by atoms with Crippen molar-refractivity contribution < 1.29 is 63.9 Å². The van der Waals surface area contributed by atoms with Crippen LogP contribution in [0.5, 0.6) is 0 Å². The number of hydrogen-bond donors (Lipinski definition) is 6. The van der Waals surface area contributed by atoms with Crippen LogP contribution in [0.1, 0.15) is 65.2 Å². The van der Waals surface area contributed by atoms with Crippen molar-refractivity contribution >= 4 is 5.97 Å². The van der Waals surface area contributed by atoms with Gasteiger partial charge in [-0.15, -0.1) is 0 Å². The van der Waals surface area contributed by atoms with Crippen LogP contribution >= 0.6 is 0 Å². The molecule has 0 aromatic heterocycles. The first-order valence-electron chi connectivity index (χ1n) is 14.5. The zero-order valence-electron chi connectivity index (χ0n) is 23.0. The van der Waals surface area contributed by atoms with Gasteiger partial charge in [0.25, 0.3) is 0 Å². The van der Waals surface area contributed by atoms with Crippen molar-refractivity contribution in [3.05, 3.63) is 0 Å². The van der Waals surface area contributed by atoms with Gasteiger partial charge >= 0.3 is 5.97 Å². The van der Waals surface area contributed by atoms with E-state index in [9.17, 15) is 35.4 Å². The van der Waals surface area contributed by atoms with Crippen LogP contribution in [0.15, 0.2) is 0 Å². The average Bonchev–Trinajstić information content (AvgIpc) is 3.67. The van der Waals surface area contributed by atoms with Crippen molar-refractivity contribution in [1.82, 2.24) is 0 Å². The third-order valence-corrected chi connectivity index (χ3v) is 9.17. The Morgan fingerprint density at radius 2 is 1.57 bits per heavy atom. The predicted octanol–water partition coefficient (Wildman–Crippen LogP) is -0.577. The number of aliphatic hydroxyl groups is 5. The van der Waals surface area contributed by atoms with Crippen LogP contribution in [0.3, 0.4) is 0 Å². The van der Waals surface area contributed by atoms with Gasteiger partial charge in [-0.05, 0) is 57.8 Å². The molecule has 5 aliphatic rings. The normalized spacial score (nSPS) is 49.4. The average molecular weight is 577 g/mol. The molecule has 14 atom stereocenters. The maximum absolute atomic E-state index is 12.0. The molecule has 2 saturated carbocycles. The van der Waals surface area contributed by atoms with Gasteiger partial charge in [-0.1, -0.05) is 13.3 Å². The summed E-state index contributed by atoms with van der Waals surface area (Å²) in [6, 6.07) is 0. The Balaban J connectivity index is 1.38. The van der Waals surface area contributed by atoms with Crippen LogP contribution in [0, 0.1) is 5.92 Å². The summed E-state index contributed by atoms with van der Waals surface area (Å²) in [7, 11) is 0. The van der Waals surface area contributed by atoms with Gasteiger partial charge in [0.1, 0.15) is 42.7 Å². The highest BCUT2D eigenvalue weighted by Crippen LogP contribution is 2.48. The number of hydrogen-bond acceptors (Lipinski definition) is 12. The van der Waals surface area contributed by atoms with Crippen LogP contribution in [0.4, 0.5) is 0 Å². The maximum atomic E-state index is 12.0. The second-order valence-corrected chi connectivity index (χ2v) is 12.2. The molecule has 13 heteroatoms. The van der Waals surface area contributed by atoms with Crippen LogP contribution in [-0.2, 0) is 33.2 Å². The minimum atomic E-state index is -1.47. The molecular formula is C27H44O13. The fourth-order valence-corrected chi connectivity index (χ4v) is 6.49. The number of carbonyl (C=O) groups is 1. The summed E-state index contributed by atoms with van der Waals surface area (Å²) >= 11 is 0. The van der Waals surface area contributed by atoms with Gasteiger partial charge in [0.2, 0.25) is 0 Å². The lowest BCUT2D eigenvalue weighted by molar-refractivity contribution is -0.356. The number of aliphatic hydroxyl groups excluding tert-OH is 5.